The molecule has 0 saturated carbocycles. The Morgan fingerprint density at radius 3 is 2.40 bits per heavy atom. The molecule has 0 bridgehead atoms. The van der Waals surface area contributed by atoms with Gasteiger partial charge in [0.15, 0.2) is 0 Å². The zero-order valence-electron chi connectivity index (χ0n) is 10.00. The lowest BCUT2D eigenvalue weighted by molar-refractivity contribution is 0.557. The fourth-order valence-corrected chi connectivity index (χ4v) is 1.79. The Bertz CT molecular complexity index is 263. The summed E-state index contributed by atoms with van der Waals surface area (Å²) >= 11 is 0. The van der Waals surface area contributed by atoms with Gasteiger partial charge in [-0.1, -0.05) is 56.0 Å². The lowest BCUT2D eigenvalue weighted by atomic mass is 10.0. The summed E-state index contributed by atoms with van der Waals surface area (Å²) in [6, 6.07) is 9.03. The van der Waals surface area contributed by atoms with Crippen LogP contribution >= 0.6 is 0 Å². The molecular formula is C14H23N. The van der Waals surface area contributed by atoms with Crippen LogP contribution in [0, 0.1) is 6.92 Å². The van der Waals surface area contributed by atoms with Crippen LogP contribution in [0.1, 0.15) is 43.7 Å². The van der Waals surface area contributed by atoms with Crippen molar-refractivity contribution in [3.05, 3.63) is 35.4 Å². The molecule has 0 radical (unpaired) electrons. The number of aryl methyl sites for hydroxylation is 1. The fraction of sp³-hybridized carbons (Fsp3) is 0.571. The molecule has 0 fully saturated rings. The predicted molar refractivity (Wildman–Crippen MR) is 67.0 cm³/mol. The summed E-state index contributed by atoms with van der Waals surface area (Å²) in [7, 11) is 0. The third kappa shape index (κ3) is 4.98. The average molecular weight is 205 g/mol. The molecule has 0 aromatic heterocycles. The summed E-state index contributed by atoms with van der Waals surface area (Å²) in [6.07, 6.45) is 6.02. The molecule has 1 rings (SSSR count). The summed E-state index contributed by atoms with van der Waals surface area (Å²) in [5.74, 6) is 0. The first kappa shape index (κ1) is 12.3. The molecule has 84 valence electrons. The Kier molecular flexibility index (Phi) is 5.41. The Morgan fingerprint density at radius 2 is 1.80 bits per heavy atom. The Balaban J connectivity index is 2.31. The van der Waals surface area contributed by atoms with Crippen LogP contribution in [0.2, 0.25) is 0 Å². The van der Waals surface area contributed by atoms with E-state index in [0.29, 0.717) is 6.04 Å². The first-order valence-corrected chi connectivity index (χ1v) is 6.03. The number of benzene rings is 1. The third-order valence-electron chi connectivity index (χ3n) is 2.80. The SMILES string of the molecule is CCCCCC(N)Cc1ccc(C)cc1. The number of rotatable bonds is 6. The highest BCUT2D eigenvalue weighted by Gasteiger charge is 2.03. The second-order valence-corrected chi connectivity index (χ2v) is 4.45. The summed E-state index contributed by atoms with van der Waals surface area (Å²) in [5.41, 5.74) is 8.77. The number of hydrogen-bond acceptors (Lipinski definition) is 1. The molecule has 1 unspecified atom stereocenters. The summed E-state index contributed by atoms with van der Waals surface area (Å²) in [6.45, 7) is 4.34. The van der Waals surface area contributed by atoms with Crippen molar-refractivity contribution in [2.45, 2.75) is 52.0 Å². The van der Waals surface area contributed by atoms with Gasteiger partial charge in [0.05, 0.1) is 0 Å². The van der Waals surface area contributed by atoms with Crippen molar-refractivity contribution < 1.29 is 0 Å². The minimum absolute atomic E-state index is 0.333. The largest absolute Gasteiger partial charge is 0.327 e. The second-order valence-electron chi connectivity index (χ2n) is 4.45. The van der Waals surface area contributed by atoms with E-state index in [2.05, 4.69) is 38.1 Å². The highest BCUT2D eigenvalue weighted by Crippen LogP contribution is 2.09. The van der Waals surface area contributed by atoms with Crippen molar-refractivity contribution >= 4 is 0 Å². The molecule has 0 amide bonds. The highest BCUT2D eigenvalue weighted by atomic mass is 14.6. The van der Waals surface area contributed by atoms with E-state index in [1.165, 1.54) is 30.4 Å². The molecule has 0 aliphatic heterocycles. The highest BCUT2D eigenvalue weighted by molar-refractivity contribution is 5.21. The molecule has 0 saturated heterocycles. The van der Waals surface area contributed by atoms with E-state index in [1.807, 2.05) is 0 Å². The zero-order valence-corrected chi connectivity index (χ0v) is 10.00. The molecule has 2 N–H and O–H groups in total. The average Bonchev–Trinajstić information content (AvgIpc) is 2.22. The van der Waals surface area contributed by atoms with Crippen LogP contribution in [0.5, 0.6) is 0 Å². The molecule has 15 heavy (non-hydrogen) atoms. The molecule has 0 spiro atoms. The fourth-order valence-electron chi connectivity index (χ4n) is 1.79. The van der Waals surface area contributed by atoms with Crippen LogP contribution < -0.4 is 5.73 Å². The predicted octanol–water partition coefficient (Wildman–Crippen LogP) is 3.45. The monoisotopic (exact) mass is 205 g/mol. The van der Waals surface area contributed by atoms with Gasteiger partial charge in [-0.25, -0.2) is 0 Å². The molecule has 1 atom stereocenters. The van der Waals surface area contributed by atoms with Crippen LogP contribution in [0.25, 0.3) is 0 Å². The lowest BCUT2D eigenvalue weighted by Gasteiger charge is -2.11. The lowest BCUT2D eigenvalue weighted by Crippen LogP contribution is -2.22. The number of nitrogens with two attached hydrogens (primary N) is 1. The van der Waals surface area contributed by atoms with Crippen molar-refractivity contribution in [3.63, 3.8) is 0 Å². The number of unbranched alkanes of at least 4 members (excludes halogenated alkanes) is 2. The van der Waals surface area contributed by atoms with Crippen LogP contribution in [-0.4, -0.2) is 6.04 Å². The van der Waals surface area contributed by atoms with Gasteiger partial charge in [-0.3, -0.25) is 0 Å². The summed E-state index contributed by atoms with van der Waals surface area (Å²) in [5, 5.41) is 0. The first-order valence-electron chi connectivity index (χ1n) is 6.03. The smallest absolute Gasteiger partial charge is 0.00793 e. The van der Waals surface area contributed by atoms with Gasteiger partial charge in [0.2, 0.25) is 0 Å². The molecular weight excluding hydrogens is 182 g/mol. The Morgan fingerprint density at radius 1 is 1.13 bits per heavy atom. The molecule has 1 heteroatoms. The van der Waals surface area contributed by atoms with E-state index in [4.69, 9.17) is 5.73 Å². The van der Waals surface area contributed by atoms with E-state index >= 15 is 0 Å². The van der Waals surface area contributed by atoms with Crippen LogP contribution in [0.3, 0.4) is 0 Å². The first-order chi connectivity index (χ1) is 7.22. The normalized spacial score (nSPS) is 12.7. The van der Waals surface area contributed by atoms with Crippen molar-refractivity contribution in [2.24, 2.45) is 5.73 Å². The van der Waals surface area contributed by atoms with Gasteiger partial charge in [0.25, 0.3) is 0 Å². The van der Waals surface area contributed by atoms with Gasteiger partial charge in [-0.05, 0) is 25.3 Å². The molecule has 0 aliphatic rings. The zero-order chi connectivity index (χ0) is 11.1. The molecule has 1 nitrogen and oxygen atoms in total. The van der Waals surface area contributed by atoms with Gasteiger partial charge >= 0.3 is 0 Å². The van der Waals surface area contributed by atoms with Crippen molar-refractivity contribution in [1.82, 2.24) is 0 Å². The Hall–Kier alpha value is -0.820. The molecule has 0 heterocycles. The van der Waals surface area contributed by atoms with Crippen molar-refractivity contribution in [1.29, 1.82) is 0 Å². The standard InChI is InChI=1S/C14H23N/c1-3-4-5-6-14(15)11-13-9-7-12(2)8-10-13/h7-10,14H,3-6,11,15H2,1-2H3. The van der Waals surface area contributed by atoms with E-state index < -0.39 is 0 Å². The van der Waals surface area contributed by atoms with Gasteiger partial charge in [-0.15, -0.1) is 0 Å². The van der Waals surface area contributed by atoms with E-state index in [-0.39, 0.29) is 0 Å². The van der Waals surface area contributed by atoms with Crippen molar-refractivity contribution in [3.8, 4) is 0 Å². The maximum Gasteiger partial charge on any atom is 0.00793 e. The minimum Gasteiger partial charge on any atom is -0.327 e. The Labute approximate surface area is 93.7 Å². The van der Waals surface area contributed by atoms with Gasteiger partial charge in [0, 0.05) is 6.04 Å². The van der Waals surface area contributed by atoms with Crippen LogP contribution in [0.4, 0.5) is 0 Å². The van der Waals surface area contributed by atoms with Gasteiger partial charge in [-0.2, -0.15) is 0 Å². The topological polar surface area (TPSA) is 26.0 Å². The van der Waals surface area contributed by atoms with Gasteiger partial charge in [0.1, 0.15) is 0 Å². The van der Waals surface area contributed by atoms with Crippen LogP contribution in [0.15, 0.2) is 24.3 Å². The van der Waals surface area contributed by atoms with Crippen molar-refractivity contribution in [2.75, 3.05) is 0 Å². The van der Waals surface area contributed by atoms with E-state index in [1.54, 1.807) is 0 Å². The minimum atomic E-state index is 0.333. The maximum absolute atomic E-state index is 6.08. The molecule has 1 aromatic rings. The van der Waals surface area contributed by atoms with Crippen LogP contribution in [-0.2, 0) is 6.42 Å². The summed E-state index contributed by atoms with van der Waals surface area (Å²) in [4.78, 5) is 0. The number of hydrogen-bond donors (Lipinski definition) is 1. The van der Waals surface area contributed by atoms with E-state index in [0.717, 1.165) is 12.8 Å². The van der Waals surface area contributed by atoms with E-state index in [9.17, 15) is 0 Å². The molecule has 0 aliphatic carbocycles. The maximum atomic E-state index is 6.08. The quantitative estimate of drug-likeness (QED) is 0.707. The molecule has 1 aromatic carbocycles. The third-order valence-corrected chi connectivity index (χ3v) is 2.80. The second kappa shape index (κ2) is 6.62. The van der Waals surface area contributed by atoms with Gasteiger partial charge < -0.3 is 5.73 Å². The summed E-state index contributed by atoms with van der Waals surface area (Å²) < 4.78 is 0.